The second kappa shape index (κ2) is 4.01. The van der Waals surface area contributed by atoms with E-state index in [4.69, 9.17) is 0 Å². The highest BCUT2D eigenvalue weighted by Gasteiger charge is 2.29. The monoisotopic (exact) mass is 211 g/mol. The lowest BCUT2D eigenvalue weighted by Crippen LogP contribution is -2.43. The first-order valence-electron chi connectivity index (χ1n) is 5.15. The van der Waals surface area contributed by atoms with E-state index < -0.39 is 5.60 Å². The lowest BCUT2D eigenvalue weighted by molar-refractivity contribution is 0.0116. The molecule has 0 bridgehead atoms. The predicted octanol–water partition coefficient (Wildman–Crippen LogP) is 1.71. The molecule has 0 unspecified atom stereocenters. The largest absolute Gasteiger partial charge is 0.389 e. The Morgan fingerprint density at radius 2 is 2.21 bits per heavy atom. The zero-order chi connectivity index (χ0) is 10.0. The normalized spacial score (nSPS) is 21.0. The predicted molar refractivity (Wildman–Crippen MR) is 59.8 cm³/mol. The minimum atomic E-state index is -0.456. The number of thiophene rings is 1. The molecule has 2 nitrogen and oxygen atoms in total. The molecule has 2 heterocycles. The molecule has 1 aromatic rings. The zero-order valence-corrected chi connectivity index (χ0v) is 9.36. The second-order valence-electron chi connectivity index (χ2n) is 4.24. The quantitative estimate of drug-likeness (QED) is 0.780. The number of piperidine rings is 1. The molecule has 1 aliphatic rings. The van der Waals surface area contributed by atoms with Crippen LogP contribution in [0.2, 0.25) is 0 Å². The van der Waals surface area contributed by atoms with E-state index in [0.717, 1.165) is 32.4 Å². The molecule has 0 aliphatic carbocycles. The highest BCUT2D eigenvalue weighted by molar-refractivity contribution is 7.10. The highest BCUT2D eigenvalue weighted by atomic mass is 32.1. The number of nitrogens with one attached hydrogen (secondary N) is 1. The van der Waals surface area contributed by atoms with Gasteiger partial charge in [-0.1, -0.05) is 0 Å². The number of hydrogen-bond acceptors (Lipinski definition) is 3. The van der Waals surface area contributed by atoms with E-state index in [-0.39, 0.29) is 0 Å². The Bertz CT molecular complexity index is 302. The van der Waals surface area contributed by atoms with Crippen LogP contribution in [0, 0.1) is 6.92 Å². The Hall–Kier alpha value is -0.380. The molecule has 0 saturated carbocycles. The molecule has 1 aromatic heterocycles. The maximum atomic E-state index is 10.3. The third kappa shape index (κ3) is 2.35. The summed E-state index contributed by atoms with van der Waals surface area (Å²) >= 11 is 1.76. The van der Waals surface area contributed by atoms with Crippen LogP contribution >= 0.6 is 11.3 Å². The van der Waals surface area contributed by atoms with Crippen molar-refractivity contribution < 1.29 is 5.11 Å². The van der Waals surface area contributed by atoms with Crippen molar-refractivity contribution >= 4 is 11.3 Å². The minimum absolute atomic E-state index is 0.456. The van der Waals surface area contributed by atoms with Crippen LogP contribution in [0.5, 0.6) is 0 Å². The fourth-order valence-electron chi connectivity index (χ4n) is 1.98. The van der Waals surface area contributed by atoms with Crippen molar-refractivity contribution in [2.24, 2.45) is 0 Å². The van der Waals surface area contributed by atoms with Crippen LogP contribution in [0.15, 0.2) is 11.4 Å². The van der Waals surface area contributed by atoms with Gasteiger partial charge in [0.1, 0.15) is 0 Å². The van der Waals surface area contributed by atoms with E-state index in [1.165, 1.54) is 10.4 Å². The van der Waals surface area contributed by atoms with E-state index in [9.17, 15) is 5.11 Å². The van der Waals surface area contributed by atoms with Gasteiger partial charge >= 0.3 is 0 Å². The van der Waals surface area contributed by atoms with Gasteiger partial charge in [0, 0.05) is 11.3 Å². The molecule has 0 atom stereocenters. The van der Waals surface area contributed by atoms with Crippen molar-refractivity contribution in [1.82, 2.24) is 5.32 Å². The molecule has 3 heteroatoms. The Kier molecular flexibility index (Phi) is 2.91. The van der Waals surface area contributed by atoms with Crippen molar-refractivity contribution in [1.29, 1.82) is 0 Å². The van der Waals surface area contributed by atoms with Gasteiger partial charge in [-0.3, -0.25) is 0 Å². The molecule has 1 saturated heterocycles. The number of hydrogen-bond donors (Lipinski definition) is 2. The van der Waals surface area contributed by atoms with Gasteiger partial charge in [0.15, 0.2) is 0 Å². The molecule has 78 valence electrons. The summed E-state index contributed by atoms with van der Waals surface area (Å²) in [5.74, 6) is 0. The van der Waals surface area contributed by atoms with Crippen molar-refractivity contribution in [2.75, 3.05) is 13.1 Å². The smallest absolute Gasteiger partial charge is 0.0720 e. The topological polar surface area (TPSA) is 32.3 Å². The number of aliphatic hydroxyl groups is 1. The molecule has 2 N–H and O–H groups in total. The van der Waals surface area contributed by atoms with Crippen LogP contribution in [0.25, 0.3) is 0 Å². The Morgan fingerprint density at radius 3 is 2.79 bits per heavy atom. The van der Waals surface area contributed by atoms with Crippen LogP contribution in [-0.2, 0) is 6.42 Å². The standard InChI is InChI=1S/C11H17NOS/c1-9-6-10(14-8-9)7-11(13)2-4-12-5-3-11/h6,8,12-13H,2-5,7H2,1H3. The van der Waals surface area contributed by atoms with Crippen LogP contribution in [0.1, 0.15) is 23.3 Å². The second-order valence-corrected chi connectivity index (χ2v) is 5.24. The third-order valence-electron chi connectivity index (χ3n) is 2.82. The Morgan fingerprint density at radius 1 is 1.50 bits per heavy atom. The van der Waals surface area contributed by atoms with E-state index in [1.807, 2.05) is 0 Å². The molecule has 0 amide bonds. The molecule has 2 rings (SSSR count). The van der Waals surface area contributed by atoms with Gasteiger partial charge in [0.2, 0.25) is 0 Å². The van der Waals surface area contributed by atoms with E-state index in [2.05, 4.69) is 23.7 Å². The first kappa shape index (κ1) is 10.1. The van der Waals surface area contributed by atoms with Crippen molar-refractivity contribution in [3.05, 3.63) is 21.9 Å². The summed E-state index contributed by atoms with van der Waals surface area (Å²) in [6.07, 6.45) is 2.58. The molecular formula is C11H17NOS. The summed E-state index contributed by atoms with van der Waals surface area (Å²) in [4.78, 5) is 1.31. The van der Waals surface area contributed by atoms with Crippen molar-refractivity contribution in [3.8, 4) is 0 Å². The summed E-state index contributed by atoms with van der Waals surface area (Å²) in [6, 6.07) is 2.19. The maximum Gasteiger partial charge on any atom is 0.0720 e. The van der Waals surface area contributed by atoms with Gasteiger partial charge in [-0.15, -0.1) is 11.3 Å². The highest BCUT2D eigenvalue weighted by Crippen LogP contribution is 2.26. The average Bonchev–Trinajstić information content (AvgIpc) is 2.51. The van der Waals surface area contributed by atoms with Gasteiger partial charge < -0.3 is 10.4 Å². The molecule has 1 aliphatic heterocycles. The molecule has 0 aromatic carbocycles. The van der Waals surface area contributed by atoms with Crippen molar-refractivity contribution in [2.45, 2.75) is 31.8 Å². The maximum absolute atomic E-state index is 10.3. The van der Waals surface area contributed by atoms with E-state index >= 15 is 0 Å². The Balaban J connectivity index is 2.01. The van der Waals surface area contributed by atoms with E-state index in [0.29, 0.717) is 0 Å². The summed E-state index contributed by atoms with van der Waals surface area (Å²) in [7, 11) is 0. The summed E-state index contributed by atoms with van der Waals surface area (Å²) in [5, 5.41) is 15.7. The molecule has 1 fully saturated rings. The van der Waals surface area contributed by atoms with Gasteiger partial charge in [0.05, 0.1) is 5.60 Å². The molecule has 0 spiro atoms. The summed E-state index contributed by atoms with van der Waals surface area (Å²) in [5.41, 5.74) is 0.852. The molecule has 14 heavy (non-hydrogen) atoms. The van der Waals surface area contributed by atoms with Gasteiger partial charge in [-0.2, -0.15) is 0 Å². The number of rotatable bonds is 2. The zero-order valence-electron chi connectivity index (χ0n) is 8.55. The van der Waals surface area contributed by atoms with Gasteiger partial charge in [0.25, 0.3) is 0 Å². The fraction of sp³-hybridized carbons (Fsp3) is 0.636. The van der Waals surface area contributed by atoms with Crippen LogP contribution < -0.4 is 5.32 Å². The lowest BCUT2D eigenvalue weighted by Gasteiger charge is -2.32. The van der Waals surface area contributed by atoms with Crippen LogP contribution in [-0.4, -0.2) is 23.8 Å². The first-order valence-corrected chi connectivity index (χ1v) is 6.03. The Labute approximate surface area is 89.0 Å². The SMILES string of the molecule is Cc1csc(CC2(O)CCNCC2)c1. The lowest BCUT2D eigenvalue weighted by atomic mass is 9.88. The van der Waals surface area contributed by atoms with Crippen LogP contribution in [0.4, 0.5) is 0 Å². The average molecular weight is 211 g/mol. The van der Waals surface area contributed by atoms with Crippen molar-refractivity contribution in [3.63, 3.8) is 0 Å². The van der Waals surface area contributed by atoms with E-state index in [1.54, 1.807) is 11.3 Å². The molecule has 0 radical (unpaired) electrons. The summed E-state index contributed by atoms with van der Waals surface area (Å²) in [6.45, 7) is 3.99. The molecular weight excluding hydrogens is 194 g/mol. The minimum Gasteiger partial charge on any atom is -0.389 e. The summed E-state index contributed by atoms with van der Waals surface area (Å²) < 4.78 is 0. The van der Waals surface area contributed by atoms with Gasteiger partial charge in [-0.05, 0) is 49.9 Å². The third-order valence-corrected chi connectivity index (χ3v) is 3.88. The first-order chi connectivity index (χ1) is 6.68. The number of aryl methyl sites for hydroxylation is 1. The van der Waals surface area contributed by atoms with Crippen LogP contribution in [0.3, 0.4) is 0 Å². The fourth-order valence-corrected chi connectivity index (χ4v) is 2.99. The van der Waals surface area contributed by atoms with Gasteiger partial charge in [-0.25, -0.2) is 0 Å².